The number of anilines is 2. The lowest BCUT2D eigenvalue weighted by molar-refractivity contribution is 0.0692. The van der Waals surface area contributed by atoms with Crippen LogP contribution in [0, 0.1) is 17.1 Å². The number of nitrogens with one attached hydrogen (secondary N) is 1. The summed E-state index contributed by atoms with van der Waals surface area (Å²) in [7, 11) is 1.40. The van der Waals surface area contributed by atoms with E-state index in [0.29, 0.717) is 17.0 Å². The Kier molecular flexibility index (Phi) is 4.00. The van der Waals surface area contributed by atoms with Crippen molar-refractivity contribution in [2.24, 2.45) is 0 Å². The lowest BCUT2D eigenvalue weighted by Gasteiger charge is -2.12. The fourth-order valence-electron chi connectivity index (χ4n) is 1.69. The first-order valence-electron chi connectivity index (χ1n) is 5.79. The average Bonchev–Trinajstić information content (AvgIpc) is 2.49. The van der Waals surface area contributed by atoms with Crippen LogP contribution in [0.3, 0.4) is 0 Å². The van der Waals surface area contributed by atoms with E-state index < -0.39 is 17.3 Å². The number of carboxylic acids is 1. The Labute approximate surface area is 119 Å². The third-order valence-electron chi connectivity index (χ3n) is 2.70. The summed E-state index contributed by atoms with van der Waals surface area (Å²) in [6.07, 6.45) is 1.19. The molecule has 0 spiro atoms. The Bertz CT molecular complexity index is 741. The molecule has 0 unspecified atom stereocenters. The second-order valence-electron chi connectivity index (χ2n) is 3.98. The van der Waals surface area contributed by atoms with E-state index >= 15 is 0 Å². The molecule has 0 atom stereocenters. The highest BCUT2D eigenvalue weighted by atomic mass is 19.1. The van der Waals surface area contributed by atoms with Crippen LogP contribution in [0.5, 0.6) is 5.75 Å². The summed E-state index contributed by atoms with van der Waals surface area (Å²) in [5.41, 5.74) is 0.260. The molecule has 0 bridgehead atoms. The SMILES string of the molecule is COc1cc(C#N)ccc1Nc1nccc(C(=O)O)c1F. The van der Waals surface area contributed by atoms with E-state index in [-0.39, 0.29) is 5.82 Å². The molecular weight excluding hydrogens is 277 g/mol. The first-order chi connectivity index (χ1) is 10.1. The predicted octanol–water partition coefficient (Wildman–Crippen LogP) is 2.54. The Balaban J connectivity index is 2.41. The number of carbonyl (C=O) groups is 1. The maximum Gasteiger partial charge on any atom is 0.338 e. The van der Waals surface area contributed by atoms with Gasteiger partial charge in [0.2, 0.25) is 0 Å². The molecule has 0 radical (unpaired) electrons. The number of carboxylic acid groups (broad SMARTS) is 1. The van der Waals surface area contributed by atoms with E-state index in [9.17, 15) is 9.18 Å². The van der Waals surface area contributed by atoms with Crippen molar-refractivity contribution in [3.8, 4) is 11.8 Å². The zero-order chi connectivity index (χ0) is 15.4. The molecule has 0 aliphatic carbocycles. The molecule has 0 saturated carbocycles. The van der Waals surface area contributed by atoms with Crippen molar-refractivity contribution in [3.63, 3.8) is 0 Å². The highest BCUT2D eigenvalue weighted by Gasteiger charge is 2.16. The molecule has 7 heteroatoms. The number of rotatable bonds is 4. The number of hydrogen-bond acceptors (Lipinski definition) is 5. The van der Waals surface area contributed by atoms with Gasteiger partial charge in [-0.1, -0.05) is 0 Å². The van der Waals surface area contributed by atoms with Crippen molar-refractivity contribution >= 4 is 17.5 Å². The summed E-state index contributed by atoms with van der Waals surface area (Å²) in [4.78, 5) is 14.6. The zero-order valence-corrected chi connectivity index (χ0v) is 10.9. The molecule has 2 N–H and O–H groups in total. The smallest absolute Gasteiger partial charge is 0.338 e. The molecule has 0 aliphatic rings. The molecule has 0 amide bonds. The minimum absolute atomic E-state index is 0.238. The second-order valence-corrected chi connectivity index (χ2v) is 3.98. The number of pyridine rings is 1. The maximum atomic E-state index is 14.0. The topological polar surface area (TPSA) is 95.2 Å². The minimum Gasteiger partial charge on any atom is -0.495 e. The molecule has 2 rings (SSSR count). The van der Waals surface area contributed by atoms with Crippen LogP contribution in [0.1, 0.15) is 15.9 Å². The summed E-state index contributed by atoms with van der Waals surface area (Å²) >= 11 is 0. The summed E-state index contributed by atoms with van der Waals surface area (Å²) < 4.78 is 19.1. The van der Waals surface area contributed by atoms with E-state index in [1.54, 1.807) is 0 Å². The van der Waals surface area contributed by atoms with Gasteiger partial charge >= 0.3 is 5.97 Å². The normalized spacial score (nSPS) is 9.76. The fraction of sp³-hybridized carbons (Fsp3) is 0.0714. The van der Waals surface area contributed by atoms with Crippen molar-refractivity contribution < 1.29 is 19.0 Å². The molecule has 6 nitrogen and oxygen atoms in total. The van der Waals surface area contributed by atoms with E-state index in [2.05, 4.69) is 10.3 Å². The Morgan fingerprint density at radius 2 is 2.24 bits per heavy atom. The minimum atomic E-state index is -1.38. The number of nitriles is 1. The molecule has 0 saturated heterocycles. The van der Waals surface area contributed by atoms with Crippen molar-refractivity contribution in [2.45, 2.75) is 0 Å². The lowest BCUT2D eigenvalue weighted by atomic mass is 10.2. The molecule has 0 fully saturated rings. The van der Waals surface area contributed by atoms with Gasteiger partial charge in [0.05, 0.1) is 24.4 Å². The number of aromatic nitrogens is 1. The average molecular weight is 287 g/mol. The monoisotopic (exact) mass is 287 g/mol. The number of benzene rings is 1. The van der Waals surface area contributed by atoms with E-state index in [1.807, 2.05) is 6.07 Å². The third-order valence-corrected chi connectivity index (χ3v) is 2.70. The molecule has 1 heterocycles. The molecule has 1 aromatic carbocycles. The first kappa shape index (κ1) is 14.3. The number of halogens is 1. The van der Waals surface area contributed by atoms with Crippen LogP contribution in [0.4, 0.5) is 15.9 Å². The quantitative estimate of drug-likeness (QED) is 0.897. The lowest BCUT2D eigenvalue weighted by Crippen LogP contribution is -2.06. The Hall–Kier alpha value is -3.14. The van der Waals surface area contributed by atoms with Crippen molar-refractivity contribution in [1.82, 2.24) is 4.98 Å². The molecule has 2 aromatic rings. The number of ether oxygens (including phenoxy) is 1. The number of methoxy groups -OCH3 is 1. The van der Waals surface area contributed by atoms with Gasteiger partial charge in [0, 0.05) is 12.3 Å². The van der Waals surface area contributed by atoms with Crippen LogP contribution in [0.25, 0.3) is 0 Å². The van der Waals surface area contributed by atoms with Gasteiger partial charge in [-0.2, -0.15) is 5.26 Å². The van der Waals surface area contributed by atoms with Crippen LogP contribution in [-0.2, 0) is 0 Å². The molecule has 21 heavy (non-hydrogen) atoms. The summed E-state index contributed by atoms with van der Waals surface area (Å²) in [5.74, 6) is -2.28. The number of hydrogen-bond donors (Lipinski definition) is 2. The maximum absolute atomic E-state index is 14.0. The molecule has 0 aliphatic heterocycles. The Morgan fingerprint density at radius 1 is 1.48 bits per heavy atom. The van der Waals surface area contributed by atoms with Gasteiger partial charge in [-0.25, -0.2) is 14.2 Å². The third kappa shape index (κ3) is 2.90. The summed E-state index contributed by atoms with van der Waals surface area (Å²) in [6.45, 7) is 0. The van der Waals surface area contributed by atoms with Crippen LogP contribution in [-0.4, -0.2) is 23.2 Å². The van der Waals surface area contributed by atoms with Crippen molar-refractivity contribution in [2.75, 3.05) is 12.4 Å². The zero-order valence-electron chi connectivity index (χ0n) is 10.9. The standard InChI is InChI=1S/C14H10FN3O3/c1-21-11-6-8(7-16)2-3-10(11)18-13-12(15)9(14(19)20)4-5-17-13/h2-6H,1H3,(H,17,18)(H,19,20). The summed E-state index contributed by atoms with van der Waals surface area (Å²) in [6, 6.07) is 7.53. The van der Waals surface area contributed by atoms with E-state index in [4.69, 9.17) is 15.1 Å². The van der Waals surface area contributed by atoms with Crippen molar-refractivity contribution in [1.29, 1.82) is 5.26 Å². The van der Waals surface area contributed by atoms with E-state index in [1.165, 1.54) is 31.5 Å². The summed E-state index contributed by atoms with van der Waals surface area (Å²) in [5, 5.41) is 20.3. The molecular formula is C14H10FN3O3. The van der Waals surface area contributed by atoms with E-state index in [0.717, 1.165) is 6.07 Å². The van der Waals surface area contributed by atoms with Gasteiger partial charge in [-0.15, -0.1) is 0 Å². The second kappa shape index (κ2) is 5.88. The van der Waals surface area contributed by atoms with Crippen LogP contribution in [0.15, 0.2) is 30.5 Å². The number of nitrogens with zero attached hydrogens (tertiary/aromatic N) is 2. The highest BCUT2D eigenvalue weighted by molar-refractivity contribution is 5.89. The van der Waals surface area contributed by atoms with Gasteiger partial charge in [-0.3, -0.25) is 0 Å². The fourth-order valence-corrected chi connectivity index (χ4v) is 1.69. The van der Waals surface area contributed by atoms with Crippen LogP contribution >= 0.6 is 0 Å². The van der Waals surface area contributed by atoms with Gasteiger partial charge in [0.1, 0.15) is 11.3 Å². The van der Waals surface area contributed by atoms with Gasteiger partial charge < -0.3 is 15.2 Å². The van der Waals surface area contributed by atoms with Crippen LogP contribution < -0.4 is 10.1 Å². The van der Waals surface area contributed by atoms with Crippen molar-refractivity contribution in [3.05, 3.63) is 47.4 Å². The number of aromatic carboxylic acids is 1. The molecule has 1 aromatic heterocycles. The Morgan fingerprint density at radius 3 is 2.86 bits per heavy atom. The van der Waals surface area contributed by atoms with Gasteiger partial charge in [0.15, 0.2) is 11.6 Å². The first-order valence-corrected chi connectivity index (χ1v) is 5.79. The highest BCUT2D eigenvalue weighted by Crippen LogP contribution is 2.29. The molecule has 106 valence electrons. The predicted molar refractivity (Wildman–Crippen MR) is 72.1 cm³/mol. The van der Waals surface area contributed by atoms with Crippen LogP contribution in [0.2, 0.25) is 0 Å². The van der Waals surface area contributed by atoms with Gasteiger partial charge in [-0.05, 0) is 18.2 Å². The van der Waals surface area contributed by atoms with Gasteiger partial charge in [0.25, 0.3) is 0 Å². The largest absolute Gasteiger partial charge is 0.495 e.